The third-order valence-electron chi connectivity index (χ3n) is 8.07. The van der Waals surface area contributed by atoms with Crippen molar-refractivity contribution in [3.63, 3.8) is 0 Å². The monoisotopic (exact) mass is 683 g/mol. The van der Waals surface area contributed by atoms with Gasteiger partial charge in [-0.25, -0.2) is 18.7 Å². The molecule has 47 heavy (non-hydrogen) atoms. The summed E-state index contributed by atoms with van der Waals surface area (Å²) >= 11 is 1.01. The van der Waals surface area contributed by atoms with E-state index in [1.54, 1.807) is 35.2 Å². The lowest BCUT2D eigenvalue weighted by Gasteiger charge is -2.45. The molecule has 1 aromatic heterocycles. The summed E-state index contributed by atoms with van der Waals surface area (Å²) in [6, 6.07) is 16.6. The van der Waals surface area contributed by atoms with Gasteiger partial charge in [-0.05, 0) is 34.9 Å². The van der Waals surface area contributed by atoms with E-state index >= 15 is 0 Å². The summed E-state index contributed by atoms with van der Waals surface area (Å²) in [5, 5.41) is 5.98. The number of phosphoric ester groups is 1. The molecule has 6 rings (SSSR count). The molecule has 0 bridgehead atoms. The predicted octanol–water partition coefficient (Wildman–Crippen LogP) is 2.67. The van der Waals surface area contributed by atoms with Gasteiger partial charge in [0.15, 0.2) is 5.13 Å². The van der Waals surface area contributed by atoms with Gasteiger partial charge in [-0.15, -0.1) is 0 Å². The summed E-state index contributed by atoms with van der Waals surface area (Å²) in [6.45, 7) is 0.202. The van der Waals surface area contributed by atoms with Gasteiger partial charge in [-0.1, -0.05) is 59.9 Å². The van der Waals surface area contributed by atoms with Gasteiger partial charge in [0.25, 0.3) is 0 Å². The van der Waals surface area contributed by atoms with Crippen LogP contribution in [0.4, 0.5) is 14.3 Å². The third kappa shape index (κ3) is 6.92. The summed E-state index contributed by atoms with van der Waals surface area (Å²) in [5.41, 5.74) is 8.29. The second-order valence-electron chi connectivity index (χ2n) is 11.1. The van der Waals surface area contributed by atoms with Crippen molar-refractivity contribution in [1.82, 2.24) is 30.1 Å². The summed E-state index contributed by atoms with van der Waals surface area (Å²) in [5.74, 6) is -1.27. The Kier molecular flexibility index (Phi) is 8.87. The standard InChI is InChI=1S/C30H31FN7O7PS/c1-35(30(41)33-14-19-5-3-2-4-6-19)37-17-25(39)38-23(13-18-7-10-21(11-8-18)45-46(42,43)44)28(40)36(16-24(37)38)15-20-9-12-22(31)27-26(20)34-29(32)47-27/h2-12,23-24H,13-17H2,1H3,(H2,32,34)(H,33,41)(H2,42,43,44)/t23-,24-/m0/s1. The van der Waals surface area contributed by atoms with Gasteiger partial charge >= 0.3 is 13.9 Å². The minimum atomic E-state index is -4.77. The lowest BCUT2D eigenvalue weighted by atomic mass is 9.99. The third-order valence-corrected chi connectivity index (χ3v) is 9.41. The normalized spacial score (nSPS) is 18.5. The molecular formula is C30H31FN7O7PS. The number of aromatic nitrogens is 1. The van der Waals surface area contributed by atoms with Crippen molar-refractivity contribution in [3.8, 4) is 5.75 Å². The highest BCUT2D eigenvalue weighted by molar-refractivity contribution is 7.46. The first-order chi connectivity index (χ1) is 22.4. The Morgan fingerprint density at radius 3 is 2.55 bits per heavy atom. The number of thiazole rings is 1. The number of nitrogens with zero attached hydrogens (tertiary/aromatic N) is 5. The number of hydrogen-bond donors (Lipinski definition) is 4. The van der Waals surface area contributed by atoms with E-state index in [2.05, 4.69) is 14.8 Å². The number of carbonyl (C=O) groups excluding carboxylic acids is 3. The summed E-state index contributed by atoms with van der Waals surface area (Å²) in [6.07, 6.45) is -0.653. The molecule has 3 aromatic carbocycles. The van der Waals surface area contributed by atoms with Crippen molar-refractivity contribution in [2.24, 2.45) is 0 Å². The zero-order chi connectivity index (χ0) is 33.5. The molecule has 2 saturated heterocycles. The fourth-order valence-corrected chi connectivity index (χ4v) is 7.06. The maximum Gasteiger partial charge on any atom is 0.524 e. The number of fused-ring (bicyclic) bond motifs is 2. The highest BCUT2D eigenvalue weighted by Crippen LogP contribution is 2.38. The fraction of sp³-hybridized carbons (Fsp3) is 0.267. The molecule has 4 aromatic rings. The number of halogens is 1. The molecule has 17 heteroatoms. The van der Waals surface area contributed by atoms with Crippen LogP contribution in [0.5, 0.6) is 5.75 Å². The maximum absolute atomic E-state index is 14.6. The van der Waals surface area contributed by atoms with E-state index < -0.39 is 31.9 Å². The number of hydrogen-bond acceptors (Lipinski definition) is 9. The largest absolute Gasteiger partial charge is 0.524 e. The van der Waals surface area contributed by atoms with Crippen molar-refractivity contribution >= 4 is 52.4 Å². The Labute approximate surface area is 272 Å². The van der Waals surface area contributed by atoms with E-state index in [9.17, 15) is 23.3 Å². The van der Waals surface area contributed by atoms with Crippen LogP contribution in [0.3, 0.4) is 0 Å². The molecule has 5 N–H and O–H groups in total. The summed E-state index contributed by atoms with van der Waals surface area (Å²) in [4.78, 5) is 66.5. The van der Waals surface area contributed by atoms with Crippen molar-refractivity contribution in [3.05, 3.63) is 89.2 Å². The number of piperazine rings is 1. The lowest BCUT2D eigenvalue weighted by molar-refractivity contribution is -0.157. The molecule has 0 spiro atoms. The molecule has 0 unspecified atom stereocenters. The van der Waals surface area contributed by atoms with Crippen LogP contribution in [-0.4, -0.2) is 84.8 Å². The quantitative estimate of drug-likeness (QED) is 0.192. The van der Waals surface area contributed by atoms with Crippen molar-refractivity contribution in [1.29, 1.82) is 0 Å². The van der Waals surface area contributed by atoms with E-state index in [4.69, 9.17) is 15.5 Å². The van der Waals surface area contributed by atoms with E-state index in [1.807, 2.05) is 30.3 Å². The highest BCUT2D eigenvalue weighted by Gasteiger charge is 2.51. The number of rotatable bonds is 9. The minimum absolute atomic E-state index is 0.0423. The second-order valence-corrected chi connectivity index (χ2v) is 13.3. The number of carbonyl (C=O) groups is 3. The Balaban J connectivity index is 1.29. The molecule has 0 aliphatic carbocycles. The average Bonchev–Trinajstić information content (AvgIpc) is 3.59. The van der Waals surface area contributed by atoms with Crippen LogP contribution in [-0.2, 0) is 33.7 Å². The SMILES string of the molecule is CN(C(=O)NCc1ccccc1)N1CC(=O)N2[C@H]1CN(Cc1ccc(F)c3sc(N)nc13)C(=O)[C@@H]2Cc1ccc(OP(=O)(O)O)cc1. The molecule has 0 radical (unpaired) electrons. The lowest BCUT2D eigenvalue weighted by Crippen LogP contribution is -2.65. The van der Waals surface area contributed by atoms with Crippen LogP contribution < -0.4 is 15.6 Å². The fourth-order valence-electron chi connectivity index (χ4n) is 5.88. The first-order valence-electron chi connectivity index (χ1n) is 14.5. The van der Waals surface area contributed by atoms with Crippen LogP contribution in [0, 0.1) is 5.82 Å². The number of nitrogens with two attached hydrogens (primary N) is 1. The molecule has 0 saturated carbocycles. The number of urea groups is 1. The zero-order valence-electron chi connectivity index (χ0n) is 25.0. The number of nitrogens with one attached hydrogen (secondary N) is 1. The van der Waals surface area contributed by atoms with Crippen LogP contribution in [0.25, 0.3) is 10.2 Å². The Morgan fingerprint density at radius 2 is 1.85 bits per heavy atom. The number of nitrogen functional groups attached to an aromatic ring is 1. The van der Waals surface area contributed by atoms with E-state index in [1.165, 1.54) is 28.1 Å². The highest BCUT2D eigenvalue weighted by atomic mass is 32.1. The van der Waals surface area contributed by atoms with Crippen LogP contribution >= 0.6 is 19.2 Å². The number of amides is 4. The Bertz CT molecular complexity index is 1870. The molecule has 4 amide bonds. The van der Waals surface area contributed by atoms with Gasteiger partial charge in [-0.3, -0.25) is 24.4 Å². The number of anilines is 1. The predicted molar refractivity (Wildman–Crippen MR) is 170 cm³/mol. The van der Waals surface area contributed by atoms with Crippen molar-refractivity contribution in [2.45, 2.75) is 31.7 Å². The van der Waals surface area contributed by atoms with Crippen LogP contribution in [0.15, 0.2) is 66.7 Å². The second kappa shape index (κ2) is 12.9. The smallest absolute Gasteiger partial charge is 0.404 e. The number of phosphoric acid groups is 1. The van der Waals surface area contributed by atoms with Gasteiger partial charge in [0, 0.05) is 26.6 Å². The average molecular weight is 684 g/mol. The molecule has 2 aliphatic heterocycles. The molecule has 246 valence electrons. The van der Waals surface area contributed by atoms with Gasteiger partial charge in [-0.2, -0.15) is 5.01 Å². The maximum atomic E-state index is 14.6. The summed E-state index contributed by atoms with van der Waals surface area (Å²) < 4.78 is 30.7. The molecule has 2 atom stereocenters. The van der Waals surface area contributed by atoms with Gasteiger partial charge in [0.05, 0.1) is 23.3 Å². The Morgan fingerprint density at radius 1 is 1.13 bits per heavy atom. The summed E-state index contributed by atoms with van der Waals surface area (Å²) in [7, 11) is -3.22. The first kappa shape index (κ1) is 32.3. The number of benzene rings is 3. The molecule has 14 nitrogen and oxygen atoms in total. The molecule has 2 fully saturated rings. The van der Waals surface area contributed by atoms with Gasteiger partial charge in [0.1, 0.15) is 23.8 Å². The molecule has 3 heterocycles. The molecular weight excluding hydrogens is 652 g/mol. The van der Waals surface area contributed by atoms with Crippen LogP contribution in [0.1, 0.15) is 16.7 Å². The topological polar surface area (TPSA) is 182 Å². The van der Waals surface area contributed by atoms with Crippen LogP contribution in [0.2, 0.25) is 0 Å². The number of hydrazine groups is 1. The van der Waals surface area contributed by atoms with E-state index in [0.29, 0.717) is 16.6 Å². The van der Waals surface area contributed by atoms with Crippen molar-refractivity contribution in [2.75, 3.05) is 25.9 Å². The van der Waals surface area contributed by atoms with Gasteiger partial charge < -0.3 is 25.4 Å². The van der Waals surface area contributed by atoms with E-state index in [-0.39, 0.29) is 60.0 Å². The molecule has 2 aliphatic rings. The minimum Gasteiger partial charge on any atom is -0.404 e. The zero-order valence-corrected chi connectivity index (χ0v) is 26.7. The Hall–Kier alpha value is -4.60. The first-order valence-corrected chi connectivity index (χ1v) is 16.8. The van der Waals surface area contributed by atoms with Crippen molar-refractivity contribution < 1.29 is 37.6 Å². The van der Waals surface area contributed by atoms with E-state index in [0.717, 1.165) is 16.9 Å². The van der Waals surface area contributed by atoms with Gasteiger partial charge in [0.2, 0.25) is 11.8 Å².